The molecule has 1 aromatic heterocycles. The van der Waals surface area contributed by atoms with Crippen LogP contribution in [0.5, 0.6) is 0 Å². The number of esters is 1. The molecule has 2 amide bonds. The Morgan fingerprint density at radius 1 is 1.15 bits per heavy atom. The number of benzene rings is 2. The zero-order valence-corrected chi connectivity index (χ0v) is 18.6. The van der Waals surface area contributed by atoms with Gasteiger partial charge in [-0.05, 0) is 48.9 Å². The lowest BCUT2D eigenvalue weighted by molar-refractivity contribution is 0.0377. The molecule has 10 heteroatoms. The van der Waals surface area contributed by atoms with Crippen LogP contribution < -0.4 is 5.32 Å². The molecule has 0 unspecified atom stereocenters. The Bertz CT molecular complexity index is 1220. The van der Waals surface area contributed by atoms with E-state index in [0.29, 0.717) is 41.2 Å². The first-order chi connectivity index (χ1) is 15.8. The van der Waals surface area contributed by atoms with Crippen molar-refractivity contribution < 1.29 is 19.1 Å². The summed E-state index contributed by atoms with van der Waals surface area (Å²) in [5.41, 5.74) is 2.83. The van der Waals surface area contributed by atoms with Crippen LogP contribution >= 0.6 is 0 Å². The molecule has 0 fully saturated rings. The molecule has 0 saturated carbocycles. The summed E-state index contributed by atoms with van der Waals surface area (Å²) in [6.45, 7) is 4.60. The molecule has 1 aliphatic rings. The molecule has 2 aromatic carbocycles. The summed E-state index contributed by atoms with van der Waals surface area (Å²) < 4.78 is 5.21. The van der Waals surface area contributed by atoms with Gasteiger partial charge in [0.05, 0.1) is 18.7 Å². The molecular weight excluding hydrogens is 424 g/mol. The van der Waals surface area contributed by atoms with Crippen LogP contribution in [0.15, 0.2) is 42.5 Å². The van der Waals surface area contributed by atoms with Crippen LogP contribution in [-0.2, 0) is 18.3 Å². The summed E-state index contributed by atoms with van der Waals surface area (Å²) in [6, 6.07) is 12.0. The summed E-state index contributed by atoms with van der Waals surface area (Å²) in [5.74, 6) is -0.452. The number of fused-ring (bicyclic) bond motifs is 1. The average molecular weight is 448 g/mol. The van der Waals surface area contributed by atoms with Gasteiger partial charge in [0.2, 0.25) is 5.82 Å². The Labute approximate surface area is 190 Å². The molecule has 4 rings (SSSR count). The van der Waals surface area contributed by atoms with E-state index in [1.54, 1.807) is 68.3 Å². The Morgan fingerprint density at radius 3 is 2.70 bits per heavy atom. The van der Waals surface area contributed by atoms with Gasteiger partial charge in [0.15, 0.2) is 0 Å². The highest BCUT2D eigenvalue weighted by molar-refractivity contribution is 6.01. The van der Waals surface area contributed by atoms with Gasteiger partial charge in [0.1, 0.15) is 0 Å². The summed E-state index contributed by atoms with van der Waals surface area (Å²) in [7, 11) is 1.67. The molecule has 3 aromatic rings. The van der Waals surface area contributed by atoms with E-state index in [0.717, 1.165) is 5.56 Å². The van der Waals surface area contributed by atoms with Gasteiger partial charge in [-0.3, -0.25) is 9.59 Å². The van der Waals surface area contributed by atoms with Crippen molar-refractivity contribution in [3.05, 3.63) is 64.7 Å². The van der Waals surface area contributed by atoms with E-state index in [2.05, 4.69) is 20.7 Å². The third-order valence-electron chi connectivity index (χ3n) is 5.13. The minimum absolute atomic E-state index is 0.172. The number of hydrogen-bond donors (Lipinski definition) is 1. The first kappa shape index (κ1) is 22.1. The van der Waals surface area contributed by atoms with Crippen molar-refractivity contribution in [3.8, 4) is 11.4 Å². The number of aromatic nitrogens is 4. The lowest BCUT2D eigenvalue weighted by Gasteiger charge is -2.16. The standard InChI is InChI=1S/C23H24N6O4/c1-14(2)33-23(32)17-7-8-18-13-29(22(31)19(18)12-17)10-9-24-21(30)16-6-4-5-15(11-16)20-25-27-28(3)26-20/h4-8,11-12,14H,9-10,13H2,1-3H3,(H,24,30). The number of carbonyl (C=O) groups excluding carboxylic acids is 3. The minimum Gasteiger partial charge on any atom is -0.459 e. The highest BCUT2D eigenvalue weighted by Crippen LogP contribution is 2.24. The van der Waals surface area contributed by atoms with Gasteiger partial charge >= 0.3 is 5.97 Å². The van der Waals surface area contributed by atoms with Crippen molar-refractivity contribution in [2.24, 2.45) is 7.05 Å². The number of nitrogens with zero attached hydrogens (tertiary/aromatic N) is 5. The van der Waals surface area contributed by atoms with Crippen LogP contribution in [0.4, 0.5) is 0 Å². The number of amides is 2. The second kappa shape index (κ2) is 9.19. The van der Waals surface area contributed by atoms with Gasteiger partial charge in [-0.15, -0.1) is 10.2 Å². The lowest BCUT2D eigenvalue weighted by Crippen LogP contribution is -2.35. The number of rotatable bonds is 7. The highest BCUT2D eigenvalue weighted by atomic mass is 16.5. The Kier molecular flexibility index (Phi) is 6.16. The maximum atomic E-state index is 12.8. The van der Waals surface area contributed by atoms with E-state index in [4.69, 9.17) is 4.74 Å². The number of ether oxygens (including phenoxy) is 1. The number of aryl methyl sites for hydroxylation is 1. The van der Waals surface area contributed by atoms with Crippen molar-refractivity contribution >= 4 is 17.8 Å². The number of hydrogen-bond acceptors (Lipinski definition) is 7. The summed E-state index contributed by atoms with van der Waals surface area (Å²) in [6.07, 6.45) is -0.237. The van der Waals surface area contributed by atoms with Crippen LogP contribution in [0.25, 0.3) is 11.4 Å². The average Bonchev–Trinajstić information content (AvgIpc) is 3.36. The van der Waals surface area contributed by atoms with Gasteiger partial charge in [-0.25, -0.2) is 4.79 Å². The first-order valence-corrected chi connectivity index (χ1v) is 10.6. The van der Waals surface area contributed by atoms with Crippen LogP contribution in [0.3, 0.4) is 0 Å². The quantitative estimate of drug-likeness (QED) is 0.548. The molecule has 0 saturated heterocycles. The molecule has 1 N–H and O–H groups in total. The topological polar surface area (TPSA) is 119 Å². The second-order valence-corrected chi connectivity index (χ2v) is 7.99. The Morgan fingerprint density at radius 2 is 1.97 bits per heavy atom. The summed E-state index contributed by atoms with van der Waals surface area (Å²) in [4.78, 5) is 40.5. The second-order valence-electron chi connectivity index (χ2n) is 7.99. The molecule has 0 radical (unpaired) electrons. The maximum Gasteiger partial charge on any atom is 0.338 e. The van der Waals surface area contributed by atoms with Crippen LogP contribution in [0, 0.1) is 0 Å². The number of carbonyl (C=O) groups is 3. The molecule has 0 atom stereocenters. The predicted molar refractivity (Wildman–Crippen MR) is 118 cm³/mol. The zero-order valence-electron chi connectivity index (χ0n) is 18.6. The van der Waals surface area contributed by atoms with Gasteiger partial charge in [-0.1, -0.05) is 18.2 Å². The number of nitrogens with one attached hydrogen (secondary N) is 1. The predicted octanol–water partition coefficient (Wildman–Crippen LogP) is 1.83. The van der Waals surface area contributed by atoms with Gasteiger partial charge in [0, 0.05) is 36.3 Å². The molecule has 10 nitrogen and oxygen atoms in total. The van der Waals surface area contributed by atoms with E-state index in [1.807, 2.05) is 0 Å². The fourth-order valence-electron chi connectivity index (χ4n) is 3.56. The smallest absolute Gasteiger partial charge is 0.338 e. The summed E-state index contributed by atoms with van der Waals surface area (Å²) in [5, 5.41) is 14.7. The molecule has 0 spiro atoms. The molecule has 33 heavy (non-hydrogen) atoms. The van der Waals surface area contributed by atoms with E-state index >= 15 is 0 Å². The monoisotopic (exact) mass is 448 g/mol. The highest BCUT2D eigenvalue weighted by Gasteiger charge is 2.28. The van der Waals surface area contributed by atoms with Crippen molar-refractivity contribution in [1.29, 1.82) is 0 Å². The fraction of sp³-hybridized carbons (Fsp3) is 0.304. The van der Waals surface area contributed by atoms with E-state index in [9.17, 15) is 14.4 Å². The van der Waals surface area contributed by atoms with Crippen molar-refractivity contribution in [2.75, 3.05) is 13.1 Å². The van der Waals surface area contributed by atoms with E-state index < -0.39 is 5.97 Å². The van der Waals surface area contributed by atoms with Crippen molar-refractivity contribution in [3.63, 3.8) is 0 Å². The van der Waals surface area contributed by atoms with Crippen molar-refractivity contribution in [1.82, 2.24) is 30.4 Å². The summed E-state index contributed by atoms with van der Waals surface area (Å²) >= 11 is 0. The Hall–Kier alpha value is -4.08. The molecule has 170 valence electrons. The largest absolute Gasteiger partial charge is 0.459 e. The third-order valence-corrected chi connectivity index (χ3v) is 5.13. The molecule has 0 bridgehead atoms. The van der Waals surface area contributed by atoms with Crippen LogP contribution in [-0.4, -0.2) is 62.1 Å². The molecular formula is C23H24N6O4. The van der Waals surface area contributed by atoms with Gasteiger partial charge < -0.3 is 15.0 Å². The zero-order chi connectivity index (χ0) is 23.5. The fourth-order valence-corrected chi connectivity index (χ4v) is 3.56. The first-order valence-electron chi connectivity index (χ1n) is 10.6. The number of tetrazole rings is 1. The van der Waals surface area contributed by atoms with Gasteiger partial charge in [0.25, 0.3) is 11.8 Å². The van der Waals surface area contributed by atoms with E-state index in [-0.39, 0.29) is 24.5 Å². The van der Waals surface area contributed by atoms with Crippen molar-refractivity contribution in [2.45, 2.75) is 26.5 Å². The normalized spacial score (nSPS) is 12.7. The molecule has 0 aliphatic carbocycles. The SMILES string of the molecule is CC(C)OC(=O)c1ccc2c(c1)C(=O)N(CCNC(=O)c1cccc(-c3nnn(C)n3)c1)C2. The molecule has 2 heterocycles. The van der Waals surface area contributed by atoms with Gasteiger partial charge in [-0.2, -0.15) is 4.80 Å². The Balaban J connectivity index is 1.35. The maximum absolute atomic E-state index is 12.8. The third kappa shape index (κ3) is 4.89. The lowest BCUT2D eigenvalue weighted by atomic mass is 10.1. The van der Waals surface area contributed by atoms with Crippen LogP contribution in [0.2, 0.25) is 0 Å². The molecule has 1 aliphatic heterocycles. The van der Waals surface area contributed by atoms with Crippen LogP contribution in [0.1, 0.15) is 50.5 Å². The minimum atomic E-state index is -0.453. The van der Waals surface area contributed by atoms with E-state index in [1.165, 1.54) is 4.80 Å².